The Labute approximate surface area is 77.8 Å². The van der Waals surface area contributed by atoms with Crippen LogP contribution >= 0.6 is 0 Å². The van der Waals surface area contributed by atoms with Gasteiger partial charge >= 0.3 is 0 Å². The first-order chi connectivity index (χ1) is 6.13. The third-order valence-electron chi connectivity index (χ3n) is 2.12. The minimum atomic E-state index is -0.183. The molecule has 0 bridgehead atoms. The van der Waals surface area contributed by atoms with Gasteiger partial charge in [-0.25, -0.2) is 0 Å². The van der Waals surface area contributed by atoms with Crippen molar-refractivity contribution in [2.75, 3.05) is 6.61 Å². The van der Waals surface area contributed by atoms with Gasteiger partial charge < -0.3 is 16.2 Å². The number of rotatable bonds is 3. The van der Waals surface area contributed by atoms with Crippen molar-refractivity contribution in [2.45, 2.75) is 25.4 Å². The molecule has 13 heavy (non-hydrogen) atoms. The van der Waals surface area contributed by atoms with Gasteiger partial charge in [0.2, 0.25) is 5.91 Å². The molecule has 1 aliphatic rings. The summed E-state index contributed by atoms with van der Waals surface area (Å²) in [5, 5.41) is 11.4. The second-order valence-corrected chi connectivity index (χ2v) is 3.48. The zero-order chi connectivity index (χ0) is 9.84. The smallest absolute Gasteiger partial charge is 0.227 e. The van der Waals surface area contributed by atoms with Crippen LogP contribution in [0.2, 0.25) is 0 Å². The van der Waals surface area contributed by atoms with Crippen LogP contribution in [0.4, 0.5) is 0 Å². The first kappa shape index (κ1) is 10.2. The van der Waals surface area contributed by atoms with Crippen molar-refractivity contribution in [1.82, 2.24) is 5.32 Å². The molecular weight excluding hydrogens is 168 g/mol. The summed E-state index contributed by atoms with van der Waals surface area (Å²) in [4.78, 5) is 11.4. The Morgan fingerprint density at radius 1 is 1.77 bits per heavy atom. The van der Waals surface area contributed by atoms with Crippen LogP contribution in [0.1, 0.15) is 13.3 Å². The molecule has 1 amide bonds. The summed E-state index contributed by atoms with van der Waals surface area (Å²) in [6.07, 6.45) is 4.34. The fourth-order valence-corrected chi connectivity index (χ4v) is 1.32. The van der Waals surface area contributed by atoms with Crippen LogP contribution in [0.15, 0.2) is 12.2 Å². The Balaban J connectivity index is 2.37. The fourth-order valence-electron chi connectivity index (χ4n) is 1.32. The van der Waals surface area contributed by atoms with E-state index < -0.39 is 0 Å². The summed E-state index contributed by atoms with van der Waals surface area (Å²) in [5.74, 6) is -0.172. The lowest BCUT2D eigenvalue weighted by atomic mass is 10.1. The molecule has 74 valence electrons. The molecular formula is C9H16N2O2. The van der Waals surface area contributed by atoms with Crippen LogP contribution in [0.5, 0.6) is 0 Å². The van der Waals surface area contributed by atoms with Crippen molar-refractivity contribution in [2.24, 2.45) is 11.7 Å². The second kappa shape index (κ2) is 4.39. The summed E-state index contributed by atoms with van der Waals surface area (Å²) < 4.78 is 0. The van der Waals surface area contributed by atoms with E-state index in [1.165, 1.54) is 0 Å². The van der Waals surface area contributed by atoms with Gasteiger partial charge in [-0.15, -0.1) is 0 Å². The van der Waals surface area contributed by atoms with Crippen molar-refractivity contribution in [3.05, 3.63) is 12.2 Å². The minimum Gasteiger partial charge on any atom is -0.394 e. The number of carbonyl (C=O) groups excluding carboxylic acids is 1. The molecule has 3 atom stereocenters. The average molecular weight is 184 g/mol. The Hall–Kier alpha value is -0.870. The monoisotopic (exact) mass is 184 g/mol. The molecule has 0 aromatic rings. The number of nitrogens with one attached hydrogen (secondary N) is 1. The summed E-state index contributed by atoms with van der Waals surface area (Å²) >= 11 is 0. The maximum absolute atomic E-state index is 11.4. The van der Waals surface area contributed by atoms with Crippen molar-refractivity contribution >= 4 is 5.91 Å². The molecule has 0 aromatic heterocycles. The Morgan fingerprint density at radius 3 is 2.92 bits per heavy atom. The Bertz CT molecular complexity index is 216. The standard InChI is InChI=1S/C9H16N2O2/c1-6(5-12)11-9(13)7-2-3-8(10)4-7/h2-3,6-8,12H,4-5,10H2,1H3,(H,11,13)/t6-,7?,8?/m1/s1. The number of amides is 1. The van der Waals surface area contributed by atoms with E-state index in [9.17, 15) is 4.79 Å². The van der Waals surface area contributed by atoms with Crippen molar-refractivity contribution in [3.63, 3.8) is 0 Å². The highest BCUT2D eigenvalue weighted by atomic mass is 16.3. The molecule has 4 heteroatoms. The quantitative estimate of drug-likeness (QED) is 0.512. The third-order valence-corrected chi connectivity index (χ3v) is 2.12. The molecule has 1 aliphatic carbocycles. The van der Waals surface area contributed by atoms with Crippen molar-refractivity contribution < 1.29 is 9.90 Å². The van der Waals surface area contributed by atoms with Gasteiger partial charge in [-0.3, -0.25) is 4.79 Å². The summed E-state index contributed by atoms with van der Waals surface area (Å²) in [6.45, 7) is 1.73. The van der Waals surface area contributed by atoms with Gasteiger partial charge in [0.05, 0.1) is 12.5 Å². The van der Waals surface area contributed by atoms with Gasteiger partial charge in [-0.05, 0) is 13.3 Å². The van der Waals surface area contributed by atoms with E-state index in [0.29, 0.717) is 6.42 Å². The largest absolute Gasteiger partial charge is 0.394 e. The molecule has 4 nitrogen and oxygen atoms in total. The molecule has 2 unspecified atom stereocenters. The second-order valence-electron chi connectivity index (χ2n) is 3.48. The van der Waals surface area contributed by atoms with Crippen molar-refractivity contribution in [1.29, 1.82) is 0 Å². The molecule has 0 fully saturated rings. The first-order valence-corrected chi connectivity index (χ1v) is 4.48. The lowest BCUT2D eigenvalue weighted by molar-refractivity contribution is -0.124. The van der Waals surface area contributed by atoms with E-state index >= 15 is 0 Å². The predicted molar refractivity (Wildman–Crippen MR) is 49.9 cm³/mol. The number of hydrogen-bond acceptors (Lipinski definition) is 3. The van der Waals surface area contributed by atoms with E-state index in [-0.39, 0.29) is 30.5 Å². The highest BCUT2D eigenvalue weighted by molar-refractivity contribution is 5.81. The van der Waals surface area contributed by atoms with Crippen LogP contribution < -0.4 is 11.1 Å². The van der Waals surface area contributed by atoms with Crippen molar-refractivity contribution in [3.8, 4) is 0 Å². The van der Waals surface area contributed by atoms with E-state index in [4.69, 9.17) is 10.8 Å². The fraction of sp³-hybridized carbons (Fsp3) is 0.667. The topological polar surface area (TPSA) is 75.3 Å². The lowest BCUT2D eigenvalue weighted by Gasteiger charge is -2.14. The molecule has 0 heterocycles. The van der Waals surface area contributed by atoms with E-state index in [2.05, 4.69) is 5.32 Å². The molecule has 0 radical (unpaired) electrons. The van der Waals surface area contributed by atoms with Crippen LogP contribution in [0.3, 0.4) is 0 Å². The Morgan fingerprint density at radius 2 is 2.46 bits per heavy atom. The Kier molecular flexibility index (Phi) is 3.45. The number of aliphatic hydroxyl groups is 1. The number of carbonyl (C=O) groups is 1. The van der Waals surface area contributed by atoms with Gasteiger partial charge in [0.1, 0.15) is 0 Å². The zero-order valence-corrected chi connectivity index (χ0v) is 7.73. The molecule has 0 aromatic carbocycles. The van der Waals surface area contributed by atoms with E-state index in [1.807, 2.05) is 12.2 Å². The average Bonchev–Trinajstić information content (AvgIpc) is 2.51. The third kappa shape index (κ3) is 2.82. The predicted octanol–water partition coefficient (Wildman–Crippen LogP) is -0.613. The van der Waals surface area contributed by atoms with Gasteiger partial charge in [0.15, 0.2) is 0 Å². The van der Waals surface area contributed by atoms with Gasteiger partial charge in [-0.2, -0.15) is 0 Å². The maximum Gasteiger partial charge on any atom is 0.227 e. The lowest BCUT2D eigenvalue weighted by Crippen LogP contribution is -2.38. The van der Waals surface area contributed by atoms with E-state index in [1.54, 1.807) is 6.92 Å². The highest BCUT2D eigenvalue weighted by Gasteiger charge is 2.23. The molecule has 0 saturated carbocycles. The molecule has 1 rings (SSSR count). The normalized spacial score (nSPS) is 28.8. The van der Waals surface area contributed by atoms with Crippen LogP contribution in [-0.2, 0) is 4.79 Å². The first-order valence-electron chi connectivity index (χ1n) is 4.48. The van der Waals surface area contributed by atoms with Crippen LogP contribution in [0, 0.1) is 5.92 Å². The van der Waals surface area contributed by atoms with Gasteiger partial charge in [0, 0.05) is 12.1 Å². The maximum atomic E-state index is 11.4. The van der Waals surface area contributed by atoms with Gasteiger partial charge in [0.25, 0.3) is 0 Å². The number of aliphatic hydroxyl groups excluding tert-OH is 1. The SMILES string of the molecule is C[C@H](CO)NC(=O)C1C=CC(N)C1. The molecule has 0 spiro atoms. The number of hydrogen-bond donors (Lipinski definition) is 3. The molecule has 0 aliphatic heterocycles. The van der Waals surface area contributed by atoms with Gasteiger partial charge in [-0.1, -0.05) is 12.2 Å². The van der Waals surface area contributed by atoms with Crippen LogP contribution in [-0.4, -0.2) is 29.7 Å². The summed E-state index contributed by atoms with van der Waals surface area (Å²) in [7, 11) is 0. The summed E-state index contributed by atoms with van der Waals surface area (Å²) in [5.41, 5.74) is 5.61. The summed E-state index contributed by atoms with van der Waals surface area (Å²) in [6, 6.07) is -0.182. The van der Waals surface area contributed by atoms with E-state index in [0.717, 1.165) is 0 Å². The highest BCUT2D eigenvalue weighted by Crippen LogP contribution is 2.16. The number of nitrogens with two attached hydrogens (primary N) is 1. The molecule has 4 N–H and O–H groups in total. The zero-order valence-electron chi connectivity index (χ0n) is 7.73. The van der Waals surface area contributed by atoms with Crippen LogP contribution in [0.25, 0.3) is 0 Å². The minimum absolute atomic E-state index is 0.000169. The molecule has 0 saturated heterocycles.